The summed E-state index contributed by atoms with van der Waals surface area (Å²) in [7, 11) is 1.70. The lowest BCUT2D eigenvalue weighted by atomic mass is 10.0. The number of rotatable bonds is 7. The minimum atomic E-state index is 0.143. The molecule has 0 fully saturated rings. The van der Waals surface area contributed by atoms with Crippen molar-refractivity contribution in [1.82, 2.24) is 4.90 Å². The molecule has 1 heterocycles. The van der Waals surface area contributed by atoms with E-state index in [2.05, 4.69) is 51.3 Å². The van der Waals surface area contributed by atoms with Gasteiger partial charge >= 0.3 is 0 Å². The number of nitrogens with two attached hydrogens (primary N) is 1. The molecule has 0 aliphatic carbocycles. The van der Waals surface area contributed by atoms with Crippen LogP contribution in [0.25, 0.3) is 0 Å². The van der Waals surface area contributed by atoms with E-state index in [1.807, 2.05) is 12.1 Å². The Morgan fingerprint density at radius 3 is 2.76 bits per heavy atom. The van der Waals surface area contributed by atoms with E-state index in [1.54, 1.807) is 18.4 Å². The van der Waals surface area contributed by atoms with Crippen molar-refractivity contribution in [3.63, 3.8) is 0 Å². The van der Waals surface area contributed by atoms with Gasteiger partial charge in [-0.2, -0.15) is 0 Å². The third-order valence-corrected chi connectivity index (χ3v) is 4.91. The van der Waals surface area contributed by atoms with E-state index < -0.39 is 0 Å². The number of methoxy groups -OCH3 is 1. The van der Waals surface area contributed by atoms with Crippen LogP contribution in [0.15, 0.2) is 40.2 Å². The van der Waals surface area contributed by atoms with Crippen LogP contribution in [0.2, 0.25) is 0 Å². The van der Waals surface area contributed by atoms with Gasteiger partial charge in [-0.25, -0.2) is 0 Å². The molecule has 5 heteroatoms. The van der Waals surface area contributed by atoms with Crippen LogP contribution in [0.3, 0.4) is 0 Å². The van der Waals surface area contributed by atoms with Gasteiger partial charge in [-0.05, 0) is 36.2 Å². The molecule has 2 rings (SSSR count). The summed E-state index contributed by atoms with van der Waals surface area (Å²) in [5, 5.41) is 2.11. The van der Waals surface area contributed by atoms with Crippen LogP contribution in [0.4, 0.5) is 0 Å². The molecule has 3 nitrogen and oxygen atoms in total. The number of likely N-dealkylation sites (N-methyl/N-ethyl adjacent to an activating group) is 1. The first-order chi connectivity index (χ1) is 10.2. The molecular weight excluding hydrogens is 348 g/mol. The normalized spacial score (nSPS) is 12.6. The summed E-state index contributed by atoms with van der Waals surface area (Å²) in [5.41, 5.74) is 7.21. The molecule has 0 aliphatic heterocycles. The highest BCUT2D eigenvalue weighted by Crippen LogP contribution is 2.32. The van der Waals surface area contributed by atoms with E-state index in [4.69, 9.17) is 10.5 Å². The monoisotopic (exact) mass is 368 g/mol. The predicted octanol–water partition coefficient (Wildman–Crippen LogP) is 4.04. The number of thiophene rings is 1. The quantitative estimate of drug-likeness (QED) is 0.801. The van der Waals surface area contributed by atoms with Crippen molar-refractivity contribution in [2.45, 2.75) is 19.5 Å². The highest BCUT2D eigenvalue weighted by atomic mass is 79.9. The van der Waals surface area contributed by atoms with Crippen molar-refractivity contribution in [3.8, 4) is 5.75 Å². The summed E-state index contributed by atoms with van der Waals surface area (Å²) >= 11 is 5.32. The molecule has 0 amide bonds. The zero-order valence-electron chi connectivity index (χ0n) is 12.4. The van der Waals surface area contributed by atoms with Crippen LogP contribution in [-0.2, 0) is 6.54 Å². The summed E-state index contributed by atoms with van der Waals surface area (Å²) in [6, 6.07) is 10.5. The maximum Gasteiger partial charge on any atom is 0.123 e. The molecule has 2 aromatic rings. The Morgan fingerprint density at radius 1 is 1.38 bits per heavy atom. The summed E-state index contributed by atoms with van der Waals surface area (Å²) in [6.45, 7) is 4.58. The first-order valence-electron chi connectivity index (χ1n) is 6.99. The number of hydrogen-bond donors (Lipinski definition) is 1. The Labute approximate surface area is 138 Å². The van der Waals surface area contributed by atoms with E-state index in [9.17, 15) is 0 Å². The van der Waals surface area contributed by atoms with Gasteiger partial charge in [-0.1, -0.05) is 28.9 Å². The lowest BCUT2D eigenvalue weighted by Crippen LogP contribution is -2.33. The summed E-state index contributed by atoms with van der Waals surface area (Å²) in [5.74, 6) is 0.887. The second-order valence-electron chi connectivity index (χ2n) is 4.78. The Balaban J connectivity index is 2.30. The van der Waals surface area contributed by atoms with E-state index in [0.29, 0.717) is 6.54 Å². The average Bonchev–Trinajstić information content (AvgIpc) is 3.00. The van der Waals surface area contributed by atoms with Gasteiger partial charge in [0.2, 0.25) is 0 Å². The molecule has 0 spiro atoms. The number of nitrogens with zero attached hydrogens (tertiary/aromatic N) is 1. The first-order valence-corrected chi connectivity index (χ1v) is 8.66. The summed E-state index contributed by atoms with van der Waals surface area (Å²) in [6.07, 6.45) is 0. The number of halogens is 1. The third kappa shape index (κ3) is 4.07. The van der Waals surface area contributed by atoms with Gasteiger partial charge in [0.1, 0.15) is 5.75 Å². The van der Waals surface area contributed by atoms with Gasteiger partial charge in [-0.15, -0.1) is 11.3 Å². The van der Waals surface area contributed by atoms with Gasteiger partial charge in [0.05, 0.1) is 13.2 Å². The second kappa shape index (κ2) is 7.94. The Hall–Kier alpha value is -0.880. The van der Waals surface area contributed by atoms with Crippen molar-refractivity contribution in [1.29, 1.82) is 0 Å². The molecule has 2 N–H and O–H groups in total. The zero-order chi connectivity index (χ0) is 15.2. The van der Waals surface area contributed by atoms with Crippen molar-refractivity contribution in [3.05, 3.63) is 50.6 Å². The van der Waals surface area contributed by atoms with E-state index in [-0.39, 0.29) is 6.04 Å². The average molecular weight is 369 g/mol. The SMILES string of the molecule is CCN(Cc1cccs1)C(CN)c1cc(Br)ccc1OC. The van der Waals surface area contributed by atoms with Gasteiger partial charge < -0.3 is 10.5 Å². The minimum Gasteiger partial charge on any atom is -0.496 e. The molecule has 114 valence electrons. The molecule has 0 saturated heterocycles. The van der Waals surface area contributed by atoms with Gasteiger partial charge in [0.25, 0.3) is 0 Å². The van der Waals surface area contributed by atoms with Crippen LogP contribution in [-0.4, -0.2) is 25.1 Å². The highest BCUT2D eigenvalue weighted by Gasteiger charge is 2.22. The van der Waals surface area contributed by atoms with Crippen molar-refractivity contribution < 1.29 is 4.74 Å². The summed E-state index contributed by atoms with van der Waals surface area (Å²) in [4.78, 5) is 3.74. The topological polar surface area (TPSA) is 38.5 Å². The number of hydrogen-bond acceptors (Lipinski definition) is 4. The van der Waals surface area contributed by atoms with E-state index in [1.165, 1.54) is 4.88 Å². The van der Waals surface area contributed by atoms with Crippen molar-refractivity contribution in [2.75, 3.05) is 20.2 Å². The van der Waals surface area contributed by atoms with Crippen LogP contribution < -0.4 is 10.5 Å². The minimum absolute atomic E-state index is 0.143. The molecule has 0 saturated carbocycles. The fourth-order valence-corrected chi connectivity index (χ4v) is 3.59. The van der Waals surface area contributed by atoms with E-state index >= 15 is 0 Å². The Morgan fingerprint density at radius 2 is 2.19 bits per heavy atom. The number of ether oxygens (including phenoxy) is 1. The molecular formula is C16H21BrN2OS. The Kier molecular flexibility index (Phi) is 6.23. The van der Waals surface area contributed by atoms with Crippen LogP contribution in [0, 0.1) is 0 Å². The predicted molar refractivity (Wildman–Crippen MR) is 92.9 cm³/mol. The van der Waals surface area contributed by atoms with Crippen LogP contribution in [0.1, 0.15) is 23.4 Å². The Bertz CT molecular complexity index is 559. The molecule has 0 radical (unpaired) electrons. The lowest BCUT2D eigenvalue weighted by Gasteiger charge is -2.31. The van der Waals surface area contributed by atoms with Crippen LogP contribution in [0.5, 0.6) is 5.75 Å². The van der Waals surface area contributed by atoms with Gasteiger partial charge in [0.15, 0.2) is 0 Å². The molecule has 0 aliphatic rings. The standard InChI is InChI=1S/C16H21BrN2OS/c1-3-19(11-13-5-4-8-21-13)15(10-18)14-9-12(17)6-7-16(14)20-2/h4-9,15H,3,10-11,18H2,1-2H3. The zero-order valence-corrected chi connectivity index (χ0v) is 14.8. The largest absolute Gasteiger partial charge is 0.496 e. The first kappa shape index (κ1) is 16.5. The molecule has 0 bridgehead atoms. The van der Waals surface area contributed by atoms with Crippen molar-refractivity contribution in [2.24, 2.45) is 5.73 Å². The third-order valence-electron chi connectivity index (χ3n) is 3.56. The lowest BCUT2D eigenvalue weighted by molar-refractivity contribution is 0.201. The maximum atomic E-state index is 6.07. The maximum absolute atomic E-state index is 6.07. The summed E-state index contributed by atoms with van der Waals surface area (Å²) < 4.78 is 6.56. The van der Waals surface area contributed by atoms with Gasteiger partial charge in [-0.3, -0.25) is 4.90 Å². The fourth-order valence-electron chi connectivity index (χ4n) is 2.48. The second-order valence-corrected chi connectivity index (χ2v) is 6.73. The molecule has 1 aromatic heterocycles. The smallest absolute Gasteiger partial charge is 0.123 e. The number of benzene rings is 1. The molecule has 1 atom stereocenters. The highest BCUT2D eigenvalue weighted by molar-refractivity contribution is 9.10. The van der Waals surface area contributed by atoms with Gasteiger partial charge in [0, 0.05) is 28.0 Å². The fraction of sp³-hybridized carbons (Fsp3) is 0.375. The van der Waals surface area contributed by atoms with Crippen LogP contribution >= 0.6 is 27.3 Å². The molecule has 21 heavy (non-hydrogen) atoms. The molecule has 1 unspecified atom stereocenters. The van der Waals surface area contributed by atoms with Crippen molar-refractivity contribution >= 4 is 27.3 Å². The molecule has 1 aromatic carbocycles. The van der Waals surface area contributed by atoms with E-state index in [0.717, 1.165) is 28.9 Å².